The zero-order valence-corrected chi connectivity index (χ0v) is 15.6. The van der Waals surface area contributed by atoms with E-state index in [9.17, 15) is 5.11 Å². The van der Waals surface area contributed by atoms with Crippen LogP contribution in [0.25, 0.3) is 10.2 Å². The average Bonchev–Trinajstić information content (AvgIpc) is 3.02. The number of hydrogen-bond acceptors (Lipinski definition) is 8. The zero-order chi connectivity index (χ0) is 17.8. The van der Waals surface area contributed by atoms with Crippen LogP contribution in [0, 0.1) is 0 Å². The predicted molar refractivity (Wildman–Crippen MR) is 106 cm³/mol. The van der Waals surface area contributed by atoms with Gasteiger partial charge in [0, 0.05) is 31.1 Å². The van der Waals surface area contributed by atoms with Crippen LogP contribution < -0.4 is 9.64 Å². The van der Waals surface area contributed by atoms with Gasteiger partial charge in [0.15, 0.2) is 0 Å². The van der Waals surface area contributed by atoms with Crippen molar-refractivity contribution in [3.63, 3.8) is 0 Å². The first-order valence-corrected chi connectivity index (χ1v) is 9.07. The zero-order valence-electron chi connectivity index (χ0n) is 13.9. The molecule has 3 aromatic rings. The molecule has 8 heteroatoms. The smallest absolute Gasteiger partial charge is 0.231 e. The van der Waals surface area contributed by atoms with Crippen molar-refractivity contribution >= 4 is 50.7 Å². The summed E-state index contributed by atoms with van der Waals surface area (Å²) in [6.07, 6.45) is 0. The molecule has 0 aliphatic rings. The minimum absolute atomic E-state index is 0.0787. The summed E-state index contributed by atoms with van der Waals surface area (Å²) in [5, 5.41) is 19.0. The third-order valence-corrected chi connectivity index (χ3v) is 4.77. The SMILES string of the molecule is COc1ccc2nc(N=Nc3ccc(N(C)CCS)cc3O)sc2c1. The van der Waals surface area contributed by atoms with Crippen LogP contribution in [-0.2, 0) is 0 Å². The van der Waals surface area contributed by atoms with E-state index < -0.39 is 0 Å². The molecule has 0 bridgehead atoms. The Kier molecular flexibility index (Phi) is 5.40. The fourth-order valence-electron chi connectivity index (χ4n) is 2.27. The molecule has 0 spiro atoms. The van der Waals surface area contributed by atoms with Gasteiger partial charge in [0.1, 0.15) is 17.2 Å². The van der Waals surface area contributed by atoms with Gasteiger partial charge in [-0.3, -0.25) is 0 Å². The van der Waals surface area contributed by atoms with Gasteiger partial charge in [0.2, 0.25) is 5.13 Å². The van der Waals surface area contributed by atoms with E-state index in [2.05, 4.69) is 27.8 Å². The van der Waals surface area contributed by atoms with E-state index in [1.165, 1.54) is 11.3 Å². The molecule has 0 saturated carbocycles. The van der Waals surface area contributed by atoms with E-state index in [0.717, 1.165) is 34.0 Å². The number of azo groups is 1. The standard InChI is InChI=1S/C17H18N4O2S2/c1-21(7-8-24)11-3-5-13(15(22)9-11)19-20-17-18-14-6-4-12(23-2)10-16(14)25-17/h3-6,9-10,22,24H,7-8H2,1-2H3. The lowest BCUT2D eigenvalue weighted by molar-refractivity contribution is 0.415. The number of rotatable bonds is 6. The summed E-state index contributed by atoms with van der Waals surface area (Å²) in [6, 6.07) is 10.9. The van der Waals surface area contributed by atoms with Crippen LogP contribution in [-0.4, -0.2) is 36.5 Å². The van der Waals surface area contributed by atoms with E-state index in [1.807, 2.05) is 36.2 Å². The van der Waals surface area contributed by atoms with Crippen LogP contribution in [0.4, 0.5) is 16.5 Å². The van der Waals surface area contributed by atoms with Crippen LogP contribution in [0.15, 0.2) is 46.6 Å². The molecule has 0 unspecified atom stereocenters. The third-order valence-electron chi connectivity index (χ3n) is 3.66. The minimum atomic E-state index is 0.0787. The maximum absolute atomic E-state index is 10.2. The van der Waals surface area contributed by atoms with Crippen molar-refractivity contribution in [1.82, 2.24) is 4.98 Å². The Balaban J connectivity index is 1.81. The highest BCUT2D eigenvalue weighted by Gasteiger charge is 2.07. The van der Waals surface area contributed by atoms with Crippen LogP contribution in [0.3, 0.4) is 0 Å². The van der Waals surface area contributed by atoms with E-state index >= 15 is 0 Å². The summed E-state index contributed by atoms with van der Waals surface area (Å²) in [5.41, 5.74) is 2.14. The van der Waals surface area contributed by atoms with Crippen LogP contribution in [0.5, 0.6) is 11.5 Å². The number of methoxy groups -OCH3 is 1. The molecule has 0 aliphatic carbocycles. The fourth-order valence-corrected chi connectivity index (χ4v) is 3.39. The third kappa shape index (κ3) is 4.02. The molecule has 0 saturated heterocycles. The number of nitrogens with zero attached hydrogens (tertiary/aromatic N) is 4. The number of phenolic OH excluding ortho intramolecular Hbond substituents is 1. The predicted octanol–water partition coefficient (Wildman–Crippen LogP) is 4.79. The fraction of sp³-hybridized carbons (Fsp3) is 0.235. The van der Waals surface area contributed by atoms with Gasteiger partial charge in [-0.25, -0.2) is 4.98 Å². The van der Waals surface area contributed by atoms with Crippen molar-refractivity contribution < 1.29 is 9.84 Å². The van der Waals surface area contributed by atoms with E-state index in [4.69, 9.17) is 4.74 Å². The Morgan fingerprint density at radius 2 is 2.08 bits per heavy atom. The summed E-state index contributed by atoms with van der Waals surface area (Å²) in [6.45, 7) is 0.790. The van der Waals surface area contributed by atoms with Crippen molar-refractivity contribution in [1.29, 1.82) is 0 Å². The summed E-state index contributed by atoms with van der Waals surface area (Å²) < 4.78 is 6.18. The first-order chi connectivity index (χ1) is 12.1. The van der Waals surface area contributed by atoms with E-state index in [-0.39, 0.29) is 5.75 Å². The van der Waals surface area contributed by atoms with Gasteiger partial charge >= 0.3 is 0 Å². The quantitative estimate of drug-likeness (QED) is 0.481. The lowest BCUT2D eigenvalue weighted by Gasteiger charge is -2.18. The number of ether oxygens (including phenoxy) is 1. The second-order valence-corrected chi connectivity index (χ2v) is 6.80. The minimum Gasteiger partial charge on any atom is -0.506 e. The first kappa shape index (κ1) is 17.5. The largest absolute Gasteiger partial charge is 0.506 e. The van der Waals surface area contributed by atoms with Gasteiger partial charge < -0.3 is 14.7 Å². The molecular formula is C17H18N4O2S2. The molecule has 1 N–H and O–H groups in total. The Bertz CT molecular complexity index is 911. The summed E-state index contributed by atoms with van der Waals surface area (Å²) in [4.78, 5) is 6.42. The Morgan fingerprint density at radius 3 is 2.80 bits per heavy atom. The molecule has 1 aromatic heterocycles. The molecule has 0 amide bonds. The maximum atomic E-state index is 10.2. The highest BCUT2D eigenvalue weighted by Crippen LogP contribution is 2.34. The average molecular weight is 374 g/mol. The van der Waals surface area contributed by atoms with Gasteiger partial charge in [-0.15, -0.1) is 10.2 Å². The molecule has 0 radical (unpaired) electrons. The number of phenols is 1. The molecule has 25 heavy (non-hydrogen) atoms. The molecule has 3 rings (SSSR count). The molecule has 2 aromatic carbocycles. The van der Waals surface area contributed by atoms with Crippen molar-refractivity contribution in [2.75, 3.05) is 31.4 Å². The molecule has 6 nitrogen and oxygen atoms in total. The van der Waals surface area contributed by atoms with Crippen LogP contribution >= 0.6 is 24.0 Å². The topological polar surface area (TPSA) is 70.3 Å². The summed E-state index contributed by atoms with van der Waals surface area (Å²) in [7, 11) is 3.57. The summed E-state index contributed by atoms with van der Waals surface area (Å²) in [5.74, 6) is 1.59. The van der Waals surface area contributed by atoms with E-state index in [1.54, 1.807) is 19.2 Å². The van der Waals surface area contributed by atoms with Crippen molar-refractivity contribution in [3.05, 3.63) is 36.4 Å². The van der Waals surface area contributed by atoms with Crippen molar-refractivity contribution in [2.24, 2.45) is 10.2 Å². The van der Waals surface area contributed by atoms with Crippen molar-refractivity contribution in [2.45, 2.75) is 0 Å². The van der Waals surface area contributed by atoms with Gasteiger partial charge in [0.05, 0.1) is 17.3 Å². The van der Waals surface area contributed by atoms with Crippen LogP contribution in [0.1, 0.15) is 0 Å². The second-order valence-electron chi connectivity index (χ2n) is 5.35. The maximum Gasteiger partial charge on any atom is 0.231 e. The Labute approximate surface area is 155 Å². The number of benzene rings is 2. The van der Waals surface area contributed by atoms with E-state index in [0.29, 0.717) is 10.8 Å². The number of anilines is 1. The number of hydrogen-bond donors (Lipinski definition) is 2. The van der Waals surface area contributed by atoms with Gasteiger partial charge in [0.25, 0.3) is 0 Å². The molecule has 130 valence electrons. The number of thiazole rings is 1. The highest BCUT2D eigenvalue weighted by molar-refractivity contribution is 7.80. The van der Waals surface area contributed by atoms with Gasteiger partial charge in [-0.1, -0.05) is 11.3 Å². The Morgan fingerprint density at radius 1 is 1.24 bits per heavy atom. The molecule has 1 heterocycles. The lowest BCUT2D eigenvalue weighted by atomic mass is 10.2. The molecule has 0 fully saturated rings. The first-order valence-electron chi connectivity index (χ1n) is 7.62. The van der Waals surface area contributed by atoms with Gasteiger partial charge in [-0.05, 0) is 30.3 Å². The van der Waals surface area contributed by atoms with Gasteiger partial charge in [-0.2, -0.15) is 12.6 Å². The van der Waals surface area contributed by atoms with Crippen molar-refractivity contribution in [3.8, 4) is 11.5 Å². The summed E-state index contributed by atoms with van der Waals surface area (Å²) >= 11 is 5.63. The number of aromatic nitrogens is 1. The van der Waals surface area contributed by atoms with Crippen LogP contribution in [0.2, 0.25) is 0 Å². The number of fused-ring (bicyclic) bond motifs is 1. The highest BCUT2D eigenvalue weighted by atomic mass is 32.1. The normalized spacial score (nSPS) is 11.3. The molecule has 0 atom stereocenters. The number of aromatic hydroxyl groups is 1. The lowest BCUT2D eigenvalue weighted by Crippen LogP contribution is -2.19. The molecule has 0 aliphatic heterocycles. The second kappa shape index (κ2) is 7.71. The molecular weight excluding hydrogens is 356 g/mol. The monoisotopic (exact) mass is 374 g/mol. The Hall–Kier alpha value is -2.32. The number of thiol groups is 1.